The fourth-order valence-corrected chi connectivity index (χ4v) is 11.6. The number of hydrogen-bond donors (Lipinski definition) is 1. The molecule has 0 amide bonds. The van der Waals surface area contributed by atoms with E-state index in [4.69, 9.17) is 0 Å². The molecule has 0 radical (unpaired) electrons. The van der Waals surface area contributed by atoms with Crippen molar-refractivity contribution in [3.63, 3.8) is 0 Å². The summed E-state index contributed by atoms with van der Waals surface area (Å²) in [6, 6.07) is 0. The molecule has 0 heterocycles. The van der Waals surface area contributed by atoms with Crippen molar-refractivity contribution in [2.75, 3.05) is 20.1 Å². The summed E-state index contributed by atoms with van der Waals surface area (Å²) in [5.41, 5.74) is -15.9. The van der Waals surface area contributed by atoms with Crippen LogP contribution in [0.1, 0.15) is 117 Å². The van der Waals surface area contributed by atoms with Crippen molar-refractivity contribution in [1.29, 1.82) is 0 Å². The summed E-state index contributed by atoms with van der Waals surface area (Å²) >= 11 is 0. The van der Waals surface area contributed by atoms with Crippen LogP contribution >= 0.6 is 0 Å². The van der Waals surface area contributed by atoms with Crippen molar-refractivity contribution in [1.82, 2.24) is 0 Å². The molecule has 494 valence electrons. The summed E-state index contributed by atoms with van der Waals surface area (Å²) in [5, 5.41) is -25.0. The van der Waals surface area contributed by atoms with Crippen molar-refractivity contribution in [3.05, 3.63) is 163 Å². The van der Waals surface area contributed by atoms with Crippen LogP contribution < -0.4 is 26.8 Å². The standard InChI is InChI=1S/C40BF28.C21H45N/c42-13-1-5(25(54)37(66)33(62)21(1)50)17(46)29(58)9(13)41(10-14(43)2-6(18(47)30(10)59)26(55)38(67)34(63)22(2)51,11-15(44)3-7(19(48)31(11)60)27(56)39(68)35(64)23(3)52)12-16(45)4-8(20(49)32(12)61)28(57)40(69)36(65)24(4)53;1-4-6-8-10-12-14-16-18-20-22(3)21-19-17-15-13-11-9-7-5-2/h;4-21H2,1-3H3/q-1;/p+1. The monoisotopic (exact) mass is 1340 g/mol. The summed E-state index contributed by atoms with van der Waals surface area (Å²) in [6.45, 7) is 7.38. The lowest BCUT2D eigenvalue weighted by atomic mass is 9.12. The van der Waals surface area contributed by atoms with Gasteiger partial charge in [0.1, 0.15) is 52.7 Å². The van der Waals surface area contributed by atoms with Crippen molar-refractivity contribution < 1.29 is 128 Å². The zero-order chi connectivity index (χ0) is 67.9. The fourth-order valence-electron chi connectivity index (χ4n) is 11.6. The quantitative estimate of drug-likeness (QED) is 0.0227. The van der Waals surface area contributed by atoms with Gasteiger partial charge in [0.25, 0.3) is 0 Å². The molecular formula is C61H46BF28N. The highest BCUT2D eigenvalue weighted by Crippen LogP contribution is 2.41. The van der Waals surface area contributed by atoms with E-state index in [0.717, 1.165) is 0 Å². The molecule has 8 aromatic carbocycles. The predicted octanol–water partition coefficient (Wildman–Crippen LogP) is 17.4. The Hall–Kier alpha value is -7.14. The van der Waals surface area contributed by atoms with Crippen molar-refractivity contribution in [2.45, 2.75) is 117 Å². The molecule has 0 spiro atoms. The van der Waals surface area contributed by atoms with E-state index in [1.54, 1.807) is 4.90 Å². The van der Waals surface area contributed by atoms with Gasteiger partial charge in [0, 0.05) is 0 Å². The maximum atomic E-state index is 17.4. The molecule has 0 aliphatic carbocycles. The lowest BCUT2D eigenvalue weighted by Gasteiger charge is -2.45. The van der Waals surface area contributed by atoms with Gasteiger partial charge in [-0.25, -0.2) is 123 Å². The normalized spacial score (nSPS) is 12.1. The van der Waals surface area contributed by atoms with Gasteiger partial charge in [0.05, 0.1) is 63.2 Å². The molecule has 0 aromatic heterocycles. The predicted molar refractivity (Wildman–Crippen MR) is 281 cm³/mol. The number of quaternary nitrogens is 1. The number of nitrogens with one attached hydrogen (secondary N) is 1. The summed E-state index contributed by atoms with van der Waals surface area (Å²) in [6.07, 6.45) is 15.1. The minimum atomic E-state index is -7.99. The second-order valence-corrected chi connectivity index (χ2v) is 21.7. The molecule has 0 fully saturated rings. The van der Waals surface area contributed by atoms with E-state index in [2.05, 4.69) is 20.9 Å². The third-order valence-corrected chi connectivity index (χ3v) is 16.1. The van der Waals surface area contributed by atoms with Gasteiger partial charge in [0.15, 0.2) is 116 Å². The van der Waals surface area contributed by atoms with Gasteiger partial charge in [0.2, 0.25) is 0 Å². The Balaban J connectivity index is 0.000000456. The Labute approximate surface area is 497 Å². The van der Waals surface area contributed by atoms with Crippen LogP contribution in [0, 0.1) is 163 Å². The first-order valence-corrected chi connectivity index (χ1v) is 28.1. The van der Waals surface area contributed by atoms with Crippen LogP contribution in [0.3, 0.4) is 0 Å². The van der Waals surface area contributed by atoms with Gasteiger partial charge >= 0.3 is 0 Å². The van der Waals surface area contributed by atoms with E-state index >= 15 is 87.8 Å². The minimum absolute atomic E-state index is 1.37. The third-order valence-electron chi connectivity index (χ3n) is 16.1. The van der Waals surface area contributed by atoms with Crippen LogP contribution in [-0.4, -0.2) is 26.3 Å². The summed E-state index contributed by atoms with van der Waals surface area (Å²) in [5.74, 6) is -102. The number of unbranched alkanes of at least 4 members (excludes halogenated alkanes) is 14. The van der Waals surface area contributed by atoms with Crippen molar-refractivity contribution in [2.24, 2.45) is 0 Å². The summed E-state index contributed by atoms with van der Waals surface area (Å²) < 4.78 is 442. The molecule has 8 rings (SSSR count). The first-order chi connectivity index (χ1) is 42.8. The maximum Gasteiger partial charge on any atom is 0.198 e. The molecule has 0 unspecified atom stereocenters. The zero-order valence-electron chi connectivity index (χ0n) is 47.4. The van der Waals surface area contributed by atoms with E-state index in [1.807, 2.05) is 0 Å². The first kappa shape index (κ1) is 71.3. The number of rotatable bonds is 22. The fraction of sp³-hybridized carbons (Fsp3) is 0.344. The largest absolute Gasteiger partial charge is 0.337 e. The van der Waals surface area contributed by atoms with E-state index in [1.165, 1.54) is 116 Å². The molecule has 1 N–H and O–H groups in total. The maximum absolute atomic E-state index is 17.4. The van der Waals surface area contributed by atoms with Gasteiger partial charge in [-0.05, 0) is 25.7 Å². The second kappa shape index (κ2) is 28.4. The van der Waals surface area contributed by atoms with E-state index in [0.29, 0.717) is 0 Å². The van der Waals surface area contributed by atoms with Crippen LogP contribution in [0.15, 0.2) is 0 Å². The van der Waals surface area contributed by atoms with Crippen LogP contribution in [0.25, 0.3) is 43.1 Å². The SMILES string of the molecule is CCCCCCCCCC[NH+](C)CCCCCCCCCC.Fc1c(F)c(F)c2c(F)c([B-](c3c(F)c(F)c4c(F)c(F)c(F)c(F)c4c3F)(c3c(F)c(F)c4c(F)c(F)c(F)c(F)c4c3F)c3c(F)c(F)c4c(F)c(F)c(F)c(F)c4c3F)c(F)c(F)c2c1F. The highest BCUT2D eigenvalue weighted by Gasteiger charge is 2.52. The second-order valence-electron chi connectivity index (χ2n) is 21.7. The minimum Gasteiger partial charge on any atom is -0.337 e. The molecule has 30 heteroatoms. The van der Waals surface area contributed by atoms with Crippen molar-refractivity contribution >= 4 is 71.1 Å². The Morgan fingerprint density at radius 3 is 0.505 bits per heavy atom. The smallest absolute Gasteiger partial charge is 0.198 e. The zero-order valence-corrected chi connectivity index (χ0v) is 47.4. The average molecular weight is 1340 g/mol. The number of hydrogen-bond acceptors (Lipinski definition) is 0. The van der Waals surface area contributed by atoms with E-state index in [-0.39, 0.29) is 0 Å². The van der Waals surface area contributed by atoms with Gasteiger partial charge in [-0.1, -0.05) is 90.9 Å². The molecule has 0 bridgehead atoms. The average Bonchev–Trinajstić information content (AvgIpc) is 0.671. The van der Waals surface area contributed by atoms with Crippen molar-refractivity contribution in [3.8, 4) is 0 Å². The Morgan fingerprint density at radius 2 is 0.330 bits per heavy atom. The summed E-state index contributed by atoms with van der Waals surface area (Å²) in [7, 11) is 2.39. The molecule has 8 aromatic rings. The van der Waals surface area contributed by atoms with E-state index in [9.17, 15) is 35.1 Å². The number of fused-ring (bicyclic) bond motifs is 4. The molecule has 1 nitrogen and oxygen atoms in total. The topological polar surface area (TPSA) is 4.44 Å². The van der Waals surface area contributed by atoms with Crippen LogP contribution in [-0.2, 0) is 0 Å². The third kappa shape index (κ3) is 12.0. The molecule has 0 atom stereocenters. The van der Waals surface area contributed by atoms with Gasteiger partial charge in [-0.15, -0.1) is 21.9 Å². The van der Waals surface area contributed by atoms with Crippen LogP contribution in [0.2, 0.25) is 0 Å². The molecule has 91 heavy (non-hydrogen) atoms. The molecular weight excluding hydrogens is 1290 g/mol. The van der Waals surface area contributed by atoms with Gasteiger partial charge in [-0.2, -0.15) is 0 Å². The number of benzene rings is 8. The first-order valence-electron chi connectivity index (χ1n) is 28.1. The highest BCUT2D eigenvalue weighted by molar-refractivity contribution is 7.20. The van der Waals surface area contributed by atoms with Crippen LogP contribution in [0.5, 0.6) is 0 Å². The lowest BCUT2D eigenvalue weighted by molar-refractivity contribution is -0.880. The Kier molecular flexibility index (Phi) is 22.2. The molecule has 0 saturated carbocycles. The van der Waals surface area contributed by atoms with E-state index < -0.39 is 234 Å². The Bertz CT molecular complexity index is 3680. The lowest BCUT2D eigenvalue weighted by Crippen LogP contribution is -3.09. The molecule has 0 saturated heterocycles. The summed E-state index contributed by atoms with van der Waals surface area (Å²) in [4.78, 5) is 1.76. The van der Waals surface area contributed by atoms with Gasteiger partial charge in [-0.3, -0.25) is 0 Å². The molecule has 0 aliphatic heterocycles. The number of halogens is 28. The van der Waals surface area contributed by atoms with Crippen LogP contribution in [0.4, 0.5) is 123 Å². The Morgan fingerprint density at radius 1 is 0.187 bits per heavy atom. The molecule has 0 aliphatic rings. The highest BCUT2D eigenvalue weighted by atomic mass is 19.2. The van der Waals surface area contributed by atoms with Gasteiger partial charge < -0.3 is 4.90 Å².